The number of nitrogens with one attached hydrogen (secondary N) is 2. The van der Waals surface area contributed by atoms with Crippen LogP contribution in [0.2, 0.25) is 0 Å². The van der Waals surface area contributed by atoms with E-state index in [1.807, 2.05) is 13.0 Å². The molecule has 2 atom stereocenters. The highest BCUT2D eigenvalue weighted by molar-refractivity contribution is 7.21. The van der Waals surface area contributed by atoms with Crippen molar-refractivity contribution in [2.24, 2.45) is 0 Å². The number of para-hydroxylation sites is 1. The van der Waals surface area contributed by atoms with E-state index in [0.29, 0.717) is 5.95 Å². The smallest absolute Gasteiger partial charge is 0.224 e. The molecule has 3 aromatic rings. The molecule has 2 aliphatic carbocycles. The lowest BCUT2D eigenvalue weighted by molar-refractivity contribution is -0.243. The number of aliphatic hydroxyl groups is 1. The molecule has 1 aromatic carbocycles. The first-order valence-corrected chi connectivity index (χ1v) is 14.5. The van der Waals surface area contributed by atoms with Crippen LogP contribution in [-0.4, -0.2) is 44.5 Å². The second kappa shape index (κ2) is 11.4. The summed E-state index contributed by atoms with van der Waals surface area (Å²) in [5.74, 6) is 0.560. The van der Waals surface area contributed by atoms with Crippen LogP contribution < -0.4 is 10.6 Å². The minimum absolute atomic E-state index is 0.0751. The van der Waals surface area contributed by atoms with Crippen molar-refractivity contribution in [2.75, 3.05) is 17.2 Å². The summed E-state index contributed by atoms with van der Waals surface area (Å²) >= 11 is 1.68. The minimum atomic E-state index is -0.939. The Labute approximate surface area is 218 Å². The lowest BCUT2D eigenvalue weighted by Crippen LogP contribution is -2.38. The van der Waals surface area contributed by atoms with Gasteiger partial charge >= 0.3 is 0 Å². The highest BCUT2D eigenvalue weighted by atomic mass is 32.1. The molecule has 3 N–H and O–H groups in total. The van der Waals surface area contributed by atoms with Crippen molar-refractivity contribution in [3.05, 3.63) is 30.0 Å². The van der Waals surface area contributed by atoms with Gasteiger partial charge in [0.1, 0.15) is 10.8 Å². The van der Waals surface area contributed by atoms with Crippen LogP contribution in [0.4, 0.5) is 11.8 Å². The fourth-order valence-corrected chi connectivity index (χ4v) is 6.53. The lowest BCUT2D eigenvalue weighted by atomic mass is 9.94. The third-order valence-corrected chi connectivity index (χ3v) is 8.46. The van der Waals surface area contributed by atoms with Crippen LogP contribution >= 0.6 is 11.3 Å². The summed E-state index contributed by atoms with van der Waals surface area (Å²) in [6.45, 7) is 5.12. The third kappa shape index (κ3) is 5.98. The number of unbranched alkanes of at least 4 members (excludes halogenated alkanes) is 2. The van der Waals surface area contributed by atoms with Gasteiger partial charge < -0.3 is 20.5 Å². The van der Waals surface area contributed by atoms with Gasteiger partial charge in [-0.05, 0) is 57.6 Å². The highest BCUT2D eigenvalue weighted by Gasteiger charge is 2.36. The second-order valence-corrected chi connectivity index (χ2v) is 11.4. The Bertz CT molecular complexity index is 1130. The zero-order chi connectivity index (χ0) is 25.0. The molecule has 194 valence electrons. The standard InChI is InChI=1S/C28H39N5O2S/c1-3-4-10-17-29-27-30-19(2)24(26-32-22-11-6-7-12-23(22)36-26)25(33-27)31-20-13-14-21(18-20)35-28(34)15-8-5-9-16-28/h6-7,11-12,20-21,34H,3-5,8-10,13-18H2,1-2H3,(H2,29,30,31,33)/t20-,21-/m1/s1. The van der Waals surface area contributed by atoms with Crippen molar-refractivity contribution < 1.29 is 9.84 Å². The molecule has 0 radical (unpaired) electrons. The van der Waals surface area contributed by atoms with Crippen molar-refractivity contribution in [3.8, 4) is 10.6 Å². The van der Waals surface area contributed by atoms with E-state index in [1.54, 1.807) is 11.3 Å². The number of benzene rings is 1. The molecule has 8 heteroatoms. The van der Waals surface area contributed by atoms with Gasteiger partial charge in [-0.2, -0.15) is 4.98 Å². The van der Waals surface area contributed by atoms with Gasteiger partial charge in [0.25, 0.3) is 0 Å². The molecule has 0 unspecified atom stereocenters. The van der Waals surface area contributed by atoms with Crippen LogP contribution in [0.25, 0.3) is 20.8 Å². The van der Waals surface area contributed by atoms with E-state index >= 15 is 0 Å². The summed E-state index contributed by atoms with van der Waals surface area (Å²) in [5.41, 5.74) is 2.90. The first-order valence-electron chi connectivity index (χ1n) is 13.7. The molecule has 5 rings (SSSR count). The molecule has 2 fully saturated rings. The molecule has 36 heavy (non-hydrogen) atoms. The van der Waals surface area contributed by atoms with Crippen molar-refractivity contribution in [1.29, 1.82) is 0 Å². The number of hydrogen-bond donors (Lipinski definition) is 3. The number of ether oxygens (including phenoxy) is 1. The monoisotopic (exact) mass is 509 g/mol. The van der Waals surface area contributed by atoms with Gasteiger partial charge in [-0.3, -0.25) is 0 Å². The van der Waals surface area contributed by atoms with E-state index in [1.165, 1.54) is 19.3 Å². The minimum Gasteiger partial charge on any atom is -0.366 e. The fraction of sp³-hybridized carbons (Fsp3) is 0.607. The summed E-state index contributed by atoms with van der Waals surface area (Å²) < 4.78 is 7.41. The molecular weight excluding hydrogens is 470 g/mol. The van der Waals surface area contributed by atoms with Crippen LogP contribution in [0, 0.1) is 6.92 Å². The first-order chi connectivity index (χ1) is 17.5. The van der Waals surface area contributed by atoms with Crippen molar-refractivity contribution in [3.63, 3.8) is 0 Å². The fourth-order valence-electron chi connectivity index (χ4n) is 5.47. The maximum atomic E-state index is 10.9. The molecule has 2 heterocycles. The highest BCUT2D eigenvalue weighted by Crippen LogP contribution is 2.39. The maximum Gasteiger partial charge on any atom is 0.224 e. The number of thiazole rings is 1. The maximum absolute atomic E-state index is 10.9. The Morgan fingerprint density at radius 1 is 1.08 bits per heavy atom. The lowest BCUT2D eigenvalue weighted by Gasteiger charge is -2.34. The van der Waals surface area contributed by atoms with E-state index in [9.17, 15) is 5.11 Å². The Hall–Kier alpha value is -2.29. The summed E-state index contributed by atoms with van der Waals surface area (Å²) in [7, 11) is 0. The Morgan fingerprint density at radius 2 is 1.92 bits per heavy atom. The van der Waals surface area contributed by atoms with Crippen LogP contribution in [0.15, 0.2) is 24.3 Å². The van der Waals surface area contributed by atoms with E-state index < -0.39 is 5.79 Å². The van der Waals surface area contributed by atoms with Gasteiger partial charge in [0.05, 0.1) is 27.6 Å². The number of aromatic nitrogens is 3. The van der Waals surface area contributed by atoms with Gasteiger partial charge in [-0.25, -0.2) is 9.97 Å². The first kappa shape index (κ1) is 25.4. The van der Waals surface area contributed by atoms with Crippen molar-refractivity contribution in [2.45, 2.75) is 102 Å². The van der Waals surface area contributed by atoms with Crippen molar-refractivity contribution >= 4 is 33.3 Å². The Kier molecular flexibility index (Phi) is 8.03. The number of hydrogen-bond acceptors (Lipinski definition) is 8. The Morgan fingerprint density at radius 3 is 2.72 bits per heavy atom. The average molecular weight is 510 g/mol. The molecule has 2 aromatic heterocycles. The second-order valence-electron chi connectivity index (χ2n) is 10.4. The topological polar surface area (TPSA) is 92.2 Å². The van der Waals surface area contributed by atoms with Crippen LogP contribution in [0.3, 0.4) is 0 Å². The number of rotatable bonds is 10. The molecule has 0 bridgehead atoms. The predicted octanol–water partition coefficient (Wildman–Crippen LogP) is 6.67. The normalized spacial score (nSPS) is 21.6. The summed E-state index contributed by atoms with van der Waals surface area (Å²) in [5, 5.41) is 19.0. The van der Waals surface area contributed by atoms with Crippen LogP contribution in [0.1, 0.15) is 83.2 Å². The molecule has 0 saturated heterocycles. The van der Waals surface area contributed by atoms with Gasteiger partial charge in [-0.1, -0.05) is 38.3 Å². The van der Waals surface area contributed by atoms with Crippen LogP contribution in [0.5, 0.6) is 0 Å². The molecular formula is C28H39N5O2S. The van der Waals surface area contributed by atoms with E-state index in [0.717, 1.165) is 90.2 Å². The molecule has 2 aliphatic rings. The average Bonchev–Trinajstić information content (AvgIpc) is 3.48. The molecule has 7 nitrogen and oxygen atoms in total. The zero-order valence-corrected chi connectivity index (χ0v) is 22.4. The zero-order valence-electron chi connectivity index (χ0n) is 21.6. The summed E-state index contributed by atoms with van der Waals surface area (Å²) in [6, 6.07) is 8.47. The van der Waals surface area contributed by atoms with E-state index in [2.05, 4.69) is 35.8 Å². The molecule has 0 amide bonds. The number of anilines is 2. The largest absolute Gasteiger partial charge is 0.366 e. The summed E-state index contributed by atoms with van der Waals surface area (Å²) in [6.07, 6.45) is 11.1. The number of aryl methyl sites for hydroxylation is 1. The van der Waals surface area contributed by atoms with Gasteiger partial charge in [0.2, 0.25) is 5.95 Å². The van der Waals surface area contributed by atoms with Gasteiger partial charge in [0.15, 0.2) is 5.79 Å². The van der Waals surface area contributed by atoms with Crippen molar-refractivity contribution in [1.82, 2.24) is 15.0 Å². The van der Waals surface area contributed by atoms with Crippen LogP contribution in [-0.2, 0) is 4.74 Å². The number of fused-ring (bicyclic) bond motifs is 1. The quantitative estimate of drug-likeness (QED) is 0.208. The Balaban J connectivity index is 1.36. The van der Waals surface area contributed by atoms with Gasteiger partial charge in [-0.15, -0.1) is 11.3 Å². The summed E-state index contributed by atoms with van der Waals surface area (Å²) in [4.78, 5) is 14.7. The predicted molar refractivity (Wildman–Crippen MR) is 148 cm³/mol. The molecule has 2 saturated carbocycles. The van der Waals surface area contributed by atoms with Gasteiger partial charge in [0, 0.05) is 25.4 Å². The molecule has 0 spiro atoms. The SMILES string of the molecule is CCCCCNc1nc(C)c(-c2nc3ccccc3s2)c(N[C@@H]2CC[C@@H](OC3(O)CCCCC3)C2)n1. The number of nitrogens with zero attached hydrogens (tertiary/aromatic N) is 3. The van der Waals surface area contributed by atoms with E-state index in [-0.39, 0.29) is 12.1 Å². The van der Waals surface area contributed by atoms with E-state index in [4.69, 9.17) is 19.7 Å². The third-order valence-electron chi connectivity index (χ3n) is 7.41. The molecule has 0 aliphatic heterocycles.